The van der Waals surface area contributed by atoms with Gasteiger partial charge in [0.1, 0.15) is 11.9 Å². The highest BCUT2D eigenvalue weighted by Crippen LogP contribution is 2.26. The third-order valence-electron chi connectivity index (χ3n) is 2.91. The van der Waals surface area contributed by atoms with Gasteiger partial charge in [-0.3, -0.25) is 0 Å². The summed E-state index contributed by atoms with van der Waals surface area (Å²) in [5, 5.41) is 0. The van der Waals surface area contributed by atoms with Crippen LogP contribution in [0.15, 0.2) is 24.3 Å². The standard InChI is InChI=1S/C16H25FO2.C2H6/c1-6-14(17)12-7-9-13(10-8-12)19-15(18-5)11-16(2,3)4;1-2/h7-10,14-15H,6,11H2,1-5H3;1-2H3. The molecule has 1 rings (SSSR count). The summed E-state index contributed by atoms with van der Waals surface area (Å²) in [5.74, 6) is 0.711. The van der Waals surface area contributed by atoms with E-state index >= 15 is 0 Å². The van der Waals surface area contributed by atoms with E-state index in [4.69, 9.17) is 9.47 Å². The molecule has 1 aromatic carbocycles. The van der Waals surface area contributed by atoms with Crippen molar-refractivity contribution in [1.29, 1.82) is 0 Å². The minimum absolute atomic E-state index is 0.132. The number of halogens is 1. The van der Waals surface area contributed by atoms with Crippen LogP contribution in [0, 0.1) is 5.41 Å². The van der Waals surface area contributed by atoms with Crippen LogP contribution in [0.25, 0.3) is 0 Å². The lowest BCUT2D eigenvalue weighted by atomic mass is 9.92. The molecule has 0 N–H and O–H groups in total. The average molecular weight is 298 g/mol. The van der Waals surface area contributed by atoms with E-state index in [-0.39, 0.29) is 11.7 Å². The monoisotopic (exact) mass is 298 g/mol. The highest BCUT2D eigenvalue weighted by Gasteiger charge is 2.19. The Morgan fingerprint density at radius 3 is 2.00 bits per heavy atom. The van der Waals surface area contributed by atoms with E-state index in [0.29, 0.717) is 17.7 Å². The van der Waals surface area contributed by atoms with Gasteiger partial charge >= 0.3 is 0 Å². The first-order valence-electron chi connectivity index (χ1n) is 7.79. The fraction of sp³-hybridized carbons (Fsp3) is 0.667. The van der Waals surface area contributed by atoms with Crippen molar-refractivity contribution in [2.24, 2.45) is 5.41 Å². The van der Waals surface area contributed by atoms with Crippen LogP contribution >= 0.6 is 0 Å². The molecular formula is C18H31FO2. The van der Waals surface area contributed by atoms with Crippen molar-refractivity contribution in [2.75, 3.05) is 7.11 Å². The van der Waals surface area contributed by atoms with Gasteiger partial charge in [0.05, 0.1) is 0 Å². The smallest absolute Gasteiger partial charge is 0.200 e. The summed E-state index contributed by atoms with van der Waals surface area (Å²) in [7, 11) is 1.64. The molecule has 122 valence electrons. The lowest BCUT2D eigenvalue weighted by Crippen LogP contribution is -2.25. The summed E-state index contributed by atoms with van der Waals surface area (Å²) in [4.78, 5) is 0. The Labute approximate surface area is 129 Å². The van der Waals surface area contributed by atoms with Crippen LogP contribution in [0.4, 0.5) is 4.39 Å². The summed E-state index contributed by atoms with van der Waals surface area (Å²) >= 11 is 0. The molecule has 0 bridgehead atoms. The second-order valence-electron chi connectivity index (χ2n) is 5.99. The molecule has 3 heteroatoms. The van der Waals surface area contributed by atoms with Crippen molar-refractivity contribution in [3.8, 4) is 5.75 Å². The molecule has 0 saturated carbocycles. The number of methoxy groups -OCH3 is 1. The van der Waals surface area contributed by atoms with Crippen molar-refractivity contribution in [1.82, 2.24) is 0 Å². The first-order chi connectivity index (χ1) is 9.85. The van der Waals surface area contributed by atoms with Crippen molar-refractivity contribution in [3.63, 3.8) is 0 Å². The zero-order valence-corrected chi connectivity index (χ0v) is 14.6. The van der Waals surface area contributed by atoms with Gasteiger partial charge in [0.15, 0.2) is 6.29 Å². The van der Waals surface area contributed by atoms with Gasteiger partial charge in [-0.2, -0.15) is 0 Å². The van der Waals surface area contributed by atoms with E-state index in [1.807, 2.05) is 20.8 Å². The van der Waals surface area contributed by atoms with Gasteiger partial charge in [-0.1, -0.05) is 53.7 Å². The van der Waals surface area contributed by atoms with E-state index in [2.05, 4.69) is 20.8 Å². The Hall–Kier alpha value is -1.09. The third-order valence-corrected chi connectivity index (χ3v) is 2.91. The topological polar surface area (TPSA) is 18.5 Å². The highest BCUT2D eigenvalue weighted by atomic mass is 19.1. The largest absolute Gasteiger partial charge is 0.465 e. The van der Waals surface area contributed by atoms with Crippen LogP contribution in [-0.2, 0) is 4.74 Å². The fourth-order valence-corrected chi connectivity index (χ4v) is 1.82. The Bertz CT molecular complexity index is 368. The molecule has 0 saturated heterocycles. The highest BCUT2D eigenvalue weighted by molar-refractivity contribution is 5.28. The maximum atomic E-state index is 13.5. The van der Waals surface area contributed by atoms with E-state index in [1.165, 1.54) is 0 Å². The van der Waals surface area contributed by atoms with E-state index < -0.39 is 6.17 Å². The minimum Gasteiger partial charge on any atom is -0.465 e. The van der Waals surface area contributed by atoms with Gasteiger partial charge in [-0.25, -0.2) is 4.39 Å². The van der Waals surface area contributed by atoms with Crippen LogP contribution in [0.2, 0.25) is 0 Å². The predicted octanol–water partition coefficient (Wildman–Crippen LogP) is 5.92. The van der Waals surface area contributed by atoms with Crippen LogP contribution in [0.3, 0.4) is 0 Å². The molecule has 1 aromatic rings. The Morgan fingerprint density at radius 2 is 1.62 bits per heavy atom. The quantitative estimate of drug-likeness (QED) is 0.607. The molecular weight excluding hydrogens is 267 g/mol. The number of alkyl halides is 1. The summed E-state index contributed by atoms with van der Waals surface area (Å²) in [6.45, 7) is 12.3. The molecule has 21 heavy (non-hydrogen) atoms. The molecule has 0 radical (unpaired) electrons. The zero-order valence-electron chi connectivity index (χ0n) is 14.6. The van der Waals surface area contributed by atoms with Crippen molar-refractivity contribution < 1.29 is 13.9 Å². The number of benzene rings is 1. The number of rotatable bonds is 6. The van der Waals surface area contributed by atoms with Gasteiger partial charge in [0, 0.05) is 13.5 Å². The molecule has 2 unspecified atom stereocenters. The SMILES string of the molecule is CC.CCC(F)c1ccc(OC(CC(C)(C)C)OC)cc1. The lowest BCUT2D eigenvalue weighted by Gasteiger charge is -2.25. The lowest BCUT2D eigenvalue weighted by molar-refractivity contribution is -0.0756. The molecule has 2 nitrogen and oxygen atoms in total. The number of hydrogen-bond donors (Lipinski definition) is 0. The Balaban J connectivity index is 0.00000191. The van der Waals surface area contributed by atoms with E-state index in [9.17, 15) is 4.39 Å². The van der Waals surface area contributed by atoms with Gasteiger partial charge in [0.2, 0.25) is 0 Å². The van der Waals surface area contributed by atoms with Gasteiger partial charge < -0.3 is 9.47 Å². The van der Waals surface area contributed by atoms with Gasteiger partial charge in [-0.15, -0.1) is 0 Å². The van der Waals surface area contributed by atoms with Gasteiger partial charge in [0.25, 0.3) is 0 Å². The maximum absolute atomic E-state index is 13.5. The summed E-state index contributed by atoms with van der Waals surface area (Å²) in [5.41, 5.74) is 0.826. The second kappa shape index (κ2) is 9.78. The summed E-state index contributed by atoms with van der Waals surface area (Å²) < 4.78 is 24.6. The van der Waals surface area contributed by atoms with Crippen LogP contribution in [0.1, 0.15) is 66.1 Å². The van der Waals surface area contributed by atoms with E-state index in [0.717, 1.165) is 6.42 Å². The predicted molar refractivity (Wildman–Crippen MR) is 87.4 cm³/mol. The van der Waals surface area contributed by atoms with Crippen molar-refractivity contribution in [2.45, 2.75) is 66.8 Å². The second-order valence-corrected chi connectivity index (χ2v) is 5.99. The first kappa shape index (κ1) is 19.9. The number of ether oxygens (including phenoxy) is 2. The zero-order chi connectivity index (χ0) is 16.5. The normalized spacial score (nSPS) is 13.9. The molecule has 0 amide bonds. The van der Waals surface area contributed by atoms with Crippen LogP contribution in [-0.4, -0.2) is 13.4 Å². The molecule has 0 aliphatic carbocycles. The molecule has 0 fully saturated rings. The molecule has 0 heterocycles. The molecule has 0 spiro atoms. The Morgan fingerprint density at radius 1 is 1.10 bits per heavy atom. The third kappa shape index (κ3) is 8.05. The van der Waals surface area contributed by atoms with Crippen molar-refractivity contribution >= 4 is 0 Å². The summed E-state index contributed by atoms with van der Waals surface area (Å²) in [6.07, 6.45) is 0.108. The first-order valence-corrected chi connectivity index (χ1v) is 7.79. The van der Waals surface area contributed by atoms with Gasteiger partial charge in [-0.05, 0) is 29.5 Å². The molecule has 0 aliphatic heterocycles. The van der Waals surface area contributed by atoms with E-state index in [1.54, 1.807) is 31.4 Å². The molecule has 2 atom stereocenters. The maximum Gasteiger partial charge on any atom is 0.200 e. The van der Waals surface area contributed by atoms with Crippen LogP contribution in [0.5, 0.6) is 5.75 Å². The average Bonchev–Trinajstić information content (AvgIpc) is 2.47. The van der Waals surface area contributed by atoms with Crippen molar-refractivity contribution in [3.05, 3.63) is 29.8 Å². The minimum atomic E-state index is -0.901. The summed E-state index contributed by atoms with van der Waals surface area (Å²) in [6, 6.07) is 7.14. The number of hydrogen-bond acceptors (Lipinski definition) is 2. The fourth-order valence-electron chi connectivity index (χ4n) is 1.82. The Kier molecular flexibility index (Phi) is 9.27. The molecule has 0 aliphatic rings. The molecule has 0 aromatic heterocycles. The van der Waals surface area contributed by atoms with Crippen LogP contribution < -0.4 is 4.74 Å².